The molecule has 0 aliphatic carbocycles. The minimum Gasteiger partial charge on any atom is -0.507 e. The fraction of sp³-hybridized carbons (Fsp3) is 0.320. The first-order chi connectivity index (χ1) is 15.9. The Bertz CT molecular complexity index is 1090. The van der Waals surface area contributed by atoms with Gasteiger partial charge in [-0.1, -0.05) is 12.1 Å². The van der Waals surface area contributed by atoms with E-state index in [4.69, 9.17) is 4.74 Å². The molecule has 1 atom stereocenters. The van der Waals surface area contributed by atoms with Crippen molar-refractivity contribution in [2.24, 2.45) is 0 Å². The number of rotatable bonds is 6. The maximum Gasteiger partial charge on any atom is 0.337 e. The Morgan fingerprint density at radius 2 is 1.61 bits per heavy atom. The fourth-order valence-electron chi connectivity index (χ4n) is 4.40. The lowest BCUT2D eigenvalue weighted by Crippen LogP contribution is -2.37. The third-order valence-corrected chi connectivity index (χ3v) is 6.16. The van der Waals surface area contributed by atoms with Gasteiger partial charge < -0.3 is 19.6 Å². The number of hydrogen-bond donors (Lipinski definition) is 1. The molecule has 0 bridgehead atoms. The number of benzene rings is 2. The van der Waals surface area contributed by atoms with Gasteiger partial charge in [-0.2, -0.15) is 0 Å². The van der Waals surface area contributed by atoms with Crippen molar-refractivity contribution in [1.82, 2.24) is 9.80 Å². The number of nitrogens with zero attached hydrogens (tertiary/aromatic N) is 2. The topological polar surface area (TPSA) is 87.1 Å². The van der Waals surface area contributed by atoms with Gasteiger partial charge in [0, 0.05) is 18.7 Å². The SMILES string of the molecule is COC(=O)c1ccc(C2/C(=C(\O)c3ccc(F)cc3)C(=O)C(=O)N2CCN2CCCC2)cc1. The Kier molecular flexibility index (Phi) is 6.55. The maximum atomic E-state index is 13.4. The van der Waals surface area contributed by atoms with Crippen molar-refractivity contribution < 1.29 is 28.6 Å². The summed E-state index contributed by atoms with van der Waals surface area (Å²) in [5.74, 6) is -2.83. The van der Waals surface area contributed by atoms with Crippen molar-refractivity contribution in [3.05, 3.63) is 76.6 Å². The molecule has 0 spiro atoms. The molecule has 8 heteroatoms. The summed E-state index contributed by atoms with van der Waals surface area (Å²) in [5.41, 5.74) is 1.09. The van der Waals surface area contributed by atoms with Crippen LogP contribution in [0.4, 0.5) is 4.39 Å². The standard InChI is InChI=1S/C25H25FN2O5/c1-33-25(32)18-6-4-16(5-7-18)21-20(22(29)17-8-10-19(26)11-9-17)23(30)24(31)28(21)15-14-27-12-2-3-13-27/h4-11,21,29H,2-3,12-15H2,1H3/b22-20+. The third-order valence-electron chi connectivity index (χ3n) is 6.16. The van der Waals surface area contributed by atoms with Gasteiger partial charge in [-0.3, -0.25) is 9.59 Å². The van der Waals surface area contributed by atoms with E-state index in [0.717, 1.165) is 25.9 Å². The Balaban J connectivity index is 1.75. The molecule has 0 aromatic heterocycles. The Labute approximate surface area is 191 Å². The Morgan fingerprint density at radius 1 is 1.00 bits per heavy atom. The molecular formula is C25H25FN2O5. The highest BCUT2D eigenvalue weighted by Crippen LogP contribution is 2.39. The van der Waals surface area contributed by atoms with Gasteiger partial charge in [-0.25, -0.2) is 9.18 Å². The molecule has 172 valence electrons. The second-order valence-electron chi connectivity index (χ2n) is 8.16. The summed E-state index contributed by atoms with van der Waals surface area (Å²) in [5, 5.41) is 11.0. The summed E-state index contributed by atoms with van der Waals surface area (Å²) in [6, 6.07) is 10.6. The molecule has 2 fully saturated rings. The summed E-state index contributed by atoms with van der Waals surface area (Å²) >= 11 is 0. The van der Waals surface area contributed by atoms with Crippen molar-refractivity contribution in [2.75, 3.05) is 33.3 Å². The molecular weight excluding hydrogens is 427 g/mol. The van der Waals surface area contributed by atoms with Gasteiger partial charge in [-0.15, -0.1) is 0 Å². The summed E-state index contributed by atoms with van der Waals surface area (Å²) in [7, 11) is 1.28. The minimum atomic E-state index is -0.829. The lowest BCUT2D eigenvalue weighted by atomic mass is 9.94. The monoisotopic (exact) mass is 452 g/mol. The molecule has 33 heavy (non-hydrogen) atoms. The van der Waals surface area contributed by atoms with Crippen LogP contribution >= 0.6 is 0 Å². The van der Waals surface area contributed by atoms with E-state index in [9.17, 15) is 23.9 Å². The van der Waals surface area contributed by atoms with Gasteiger partial charge in [0.15, 0.2) is 0 Å². The van der Waals surface area contributed by atoms with E-state index in [2.05, 4.69) is 4.90 Å². The normalized spacial score (nSPS) is 20.4. The number of amides is 1. The average Bonchev–Trinajstić information content (AvgIpc) is 3.44. The number of likely N-dealkylation sites (tertiary alicyclic amines) is 2. The van der Waals surface area contributed by atoms with E-state index in [0.29, 0.717) is 24.2 Å². The number of halogens is 1. The second kappa shape index (κ2) is 9.54. The lowest BCUT2D eigenvalue weighted by Gasteiger charge is -2.27. The molecule has 7 nitrogen and oxygen atoms in total. The molecule has 2 aromatic carbocycles. The zero-order chi connectivity index (χ0) is 23.5. The molecule has 1 amide bonds. The molecule has 4 rings (SSSR count). The molecule has 2 saturated heterocycles. The molecule has 2 aliphatic heterocycles. The number of Topliss-reactive ketones (excluding diaryl/α,β-unsaturated/α-hetero) is 1. The van der Waals surface area contributed by atoms with Crippen LogP contribution in [0.1, 0.15) is 40.4 Å². The van der Waals surface area contributed by atoms with Crippen LogP contribution in [-0.2, 0) is 14.3 Å². The maximum absolute atomic E-state index is 13.4. The lowest BCUT2D eigenvalue weighted by molar-refractivity contribution is -0.140. The number of aliphatic hydroxyl groups is 1. The summed E-state index contributed by atoms with van der Waals surface area (Å²) in [6.45, 7) is 2.81. The van der Waals surface area contributed by atoms with E-state index >= 15 is 0 Å². The van der Waals surface area contributed by atoms with Crippen molar-refractivity contribution >= 4 is 23.4 Å². The average molecular weight is 452 g/mol. The predicted molar refractivity (Wildman–Crippen MR) is 119 cm³/mol. The largest absolute Gasteiger partial charge is 0.507 e. The third kappa shape index (κ3) is 4.52. The quantitative estimate of drug-likeness (QED) is 0.314. The van der Waals surface area contributed by atoms with Gasteiger partial charge in [-0.05, 0) is 67.9 Å². The molecule has 1 unspecified atom stereocenters. The summed E-state index contributed by atoms with van der Waals surface area (Å²) in [6.07, 6.45) is 2.20. The number of hydrogen-bond acceptors (Lipinski definition) is 6. The fourth-order valence-corrected chi connectivity index (χ4v) is 4.40. The number of aliphatic hydroxyl groups excluding tert-OH is 1. The summed E-state index contributed by atoms with van der Waals surface area (Å²) < 4.78 is 18.1. The first-order valence-electron chi connectivity index (χ1n) is 10.9. The highest BCUT2D eigenvalue weighted by molar-refractivity contribution is 6.46. The van der Waals surface area contributed by atoms with Crippen LogP contribution in [0.2, 0.25) is 0 Å². The molecule has 2 aromatic rings. The zero-order valence-electron chi connectivity index (χ0n) is 18.3. The molecule has 0 radical (unpaired) electrons. The number of carbonyl (C=O) groups is 3. The van der Waals surface area contributed by atoms with Gasteiger partial charge in [0.25, 0.3) is 11.7 Å². The number of carbonyl (C=O) groups excluding carboxylic acids is 3. The number of esters is 1. The first-order valence-corrected chi connectivity index (χ1v) is 10.9. The van der Waals surface area contributed by atoms with E-state index < -0.39 is 29.5 Å². The molecule has 1 N–H and O–H groups in total. The van der Waals surface area contributed by atoms with Crippen LogP contribution in [-0.4, -0.2) is 65.9 Å². The van der Waals surface area contributed by atoms with E-state index in [1.165, 1.54) is 36.3 Å². The van der Waals surface area contributed by atoms with Gasteiger partial charge in [0.2, 0.25) is 0 Å². The van der Waals surface area contributed by atoms with E-state index in [1.807, 2.05) is 0 Å². The van der Waals surface area contributed by atoms with Crippen LogP contribution in [0, 0.1) is 5.82 Å². The minimum absolute atomic E-state index is 0.0566. The first kappa shape index (κ1) is 22.7. The van der Waals surface area contributed by atoms with Crippen LogP contribution in [0.3, 0.4) is 0 Å². The van der Waals surface area contributed by atoms with Crippen molar-refractivity contribution in [3.63, 3.8) is 0 Å². The summed E-state index contributed by atoms with van der Waals surface area (Å²) in [4.78, 5) is 41.5. The van der Waals surface area contributed by atoms with Crippen LogP contribution in [0.15, 0.2) is 54.1 Å². The second-order valence-corrected chi connectivity index (χ2v) is 8.16. The number of ketones is 1. The van der Waals surface area contributed by atoms with E-state index in [1.54, 1.807) is 24.3 Å². The molecule has 0 saturated carbocycles. The van der Waals surface area contributed by atoms with Crippen LogP contribution in [0.5, 0.6) is 0 Å². The zero-order valence-corrected chi connectivity index (χ0v) is 18.3. The smallest absolute Gasteiger partial charge is 0.337 e. The molecule has 2 aliphatic rings. The highest BCUT2D eigenvalue weighted by Gasteiger charge is 2.46. The molecule has 2 heterocycles. The Hall–Kier alpha value is -3.52. The van der Waals surface area contributed by atoms with Crippen molar-refractivity contribution in [3.8, 4) is 0 Å². The number of methoxy groups -OCH3 is 1. The van der Waals surface area contributed by atoms with E-state index in [-0.39, 0.29) is 16.9 Å². The predicted octanol–water partition coefficient (Wildman–Crippen LogP) is 3.13. The van der Waals surface area contributed by atoms with Gasteiger partial charge in [0.05, 0.1) is 24.3 Å². The highest BCUT2D eigenvalue weighted by atomic mass is 19.1. The van der Waals surface area contributed by atoms with Crippen molar-refractivity contribution in [2.45, 2.75) is 18.9 Å². The van der Waals surface area contributed by atoms with Gasteiger partial charge in [0.1, 0.15) is 11.6 Å². The van der Waals surface area contributed by atoms with Crippen LogP contribution < -0.4 is 0 Å². The Morgan fingerprint density at radius 3 is 2.21 bits per heavy atom. The number of ether oxygens (including phenoxy) is 1. The van der Waals surface area contributed by atoms with Gasteiger partial charge >= 0.3 is 5.97 Å². The van der Waals surface area contributed by atoms with Crippen LogP contribution in [0.25, 0.3) is 5.76 Å². The van der Waals surface area contributed by atoms with Crippen molar-refractivity contribution in [1.29, 1.82) is 0 Å².